The molecular formula is C21H41N5O. The minimum Gasteiger partial charge on any atom is -0.355 e. The highest BCUT2D eigenvalue weighted by molar-refractivity contribution is 5.81. The first-order chi connectivity index (χ1) is 13.0. The number of nitrogens with one attached hydrogen (secondary N) is 2. The van der Waals surface area contributed by atoms with Crippen LogP contribution < -0.4 is 10.6 Å². The molecule has 0 radical (unpaired) electrons. The van der Waals surface area contributed by atoms with Crippen molar-refractivity contribution in [2.45, 2.75) is 71.9 Å². The van der Waals surface area contributed by atoms with Crippen molar-refractivity contribution in [3.05, 3.63) is 0 Å². The summed E-state index contributed by atoms with van der Waals surface area (Å²) >= 11 is 0. The Morgan fingerprint density at radius 1 is 1.15 bits per heavy atom. The number of carbonyl (C=O) groups is 1. The lowest BCUT2D eigenvalue weighted by atomic mass is 9.93. The molecule has 2 atom stereocenters. The molecule has 6 heteroatoms. The molecule has 0 aromatic rings. The van der Waals surface area contributed by atoms with E-state index < -0.39 is 0 Å². The van der Waals surface area contributed by atoms with E-state index in [1.807, 2.05) is 25.8 Å². The SMILES string of the molecule is CCC(CC)C(CNC(=NC)NC1CCN(C(=O)C(C)C)C1)N1CCCC1. The molecule has 2 aliphatic heterocycles. The molecule has 2 N–H and O–H groups in total. The van der Waals surface area contributed by atoms with Gasteiger partial charge in [0.25, 0.3) is 0 Å². The van der Waals surface area contributed by atoms with Crippen LogP contribution in [0.2, 0.25) is 0 Å². The lowest BCUT2D eigenvalue weighted by Crippen LogP contribution is -2.51. The van der Waals surface area contributed by atoms with Gasteiger partial charge in [0.05, 0.1) is 0 Å². The van der Waals surface area contributed by atoms with Gasteiger partial charge in [0.15, 0.2) is 5.96 Å². The molecule has 6 nitrogen and oxygen atoms in total. The number of nitrogens with zero attached hydrogens (tertiary/aromatic N) is 3. The molecule has 0 spiro atoms. The van der Waals surface area contributed by atoms with Gasteiger partial charge in [0.1, 0.15) is 0 Å². The van der Waals surface area contributed by atoms with Gasteiger partial charge in [-0.25, -0.2) is 0 Å². The zero-order chi connectivity index (χ0) is 19.8. The second-order valence-electron chi connectivity index (χ2n) is 8.41. The molecule has 2 rings (SSSR count). The topological polar surface area (TPSA) is 60.0 Å². The third kappa shape index (κ3) is 6.09. The molecule has 0 aromatic carbocycles. The Kier molecular flexibility index (Phi) is 8.87. The molecule has 27 heavy (non-hydrogen) atoms. The van der Waals surface area contributed by atoms with Crippen LogP contribution in [0.5, 0.6) is 0 Å². The predicted octanol–water partition coefficient (Wildman–Crippen LogP) is 2.31. The largest absolute Gasteiger partial charge is 0.355 e. The van der Waals surface area contributed by atoms with E-state index in [-0.39, 0.29) is 17.9 Å². The number of aliphatic imine (C=N–C) groups is 1. The highest BCUT2D eigenvalue weighted by atomic mass is 16.2. The van der Waals surface area contributed by atoms with Crippen LogP contribution in [0, 0.1) is 11.8 Å². The lowest BCUT2D eigenvalue weighted by molar-refractivity contribution is -0.133. The summed E-state index contributed by atoms with van der Waals surface area (Å²) in [4.78, 5) is 21.3. The minimum atomic E-state index is 0.0717. The zero-order valence-corrected chi connectivity index (χ0v) is 18.1. The smallest absolute Gasteiger partial charge is 0.225 e. The summed E-state index contributed by atoms with van der Waals surface area (Å²) in [5, 5.41) is 7.12. The Balaban J connectivity index is 1.87. The summed E-state index contributed by atoms with van der Waals surface area (Å²) in [6.07, 6.45) is 6.08. The van der Waals surface area contributed by atoms with E-state index in [0.29, 0.717) is 6.04 Å². The van der Waals surface area contributed by atoms with Crippen molar-refractivity contribution < 1.29 is 4.79 Å². The summed E-state index contributed by atoms with van der Waals surface area (Å²) in [6.45, 7) is 13.6. The Hall–Kier alpha value is -1.30. The van der Waals surface area contributed by atoms with E-state index in [1.54, 1.807) is 0 Å². The van der Waals surface area contributed by atoms with Gasteiger partial charge in [0, 0.05) is 44.7 Å². The number of amides is 1. The van der Waals surface area contributed by atoms with Crippen molar-refractivity contribution in [3.8, 4) is 0 Å². The van der Waals surface area contributed by atoms with Crippen LogP contribution in [0.4, 0.5) is 0 Å². The molecule has 0 aromatic heterocycles. The molecular weight excluding hydrogens is 338 g/mol. The molecule has 0 saturated carbocycles. The molecule has 0 bridgehead atoms. The van der Waals surface area contributed by atoms with Crippen molar-refractivity contribution in [1.82, 2.24) is 20.4 Å². The summed E-state index contributed by atoms with van der Waals surface area (Å²) in [5.41, 5.74) is 0. The maximum Gasteiger partial charge on any atom is 0.225 e. The Morgan fingerprint density at radius 2 is 1.81 bits per heavy atom. The van der Waals surface area contributed by atoms with Crippen LogP contribution in [0.1, 0.15) is 59.8 Å². The standard InChI is InChI=1S/C21H41N5O/c1-6-17(7-2)19(25-11-8-9-12-25)14-23-21(22-5)24-18-10-13-26(15-18)20(27)16(3)4/h16-19H,6-15H2,1-5H3,(H2,22,23,24). The van der Waals surface area contributed by atoms with E-state index in [1.165, 1.54) is 38.8 Å². The Labute approximate surface area is 166 Å². The fourth-order valence-electron chi connectivity index (χ4n) is 4.53. The first kappa shape index (κ1) is 22.0. The van der Waals surface area contributed by atoms with Crippen LogP contribution in [-0.4, -0.2) is 73.5 Å². The zero-order valence-electron chi connectivity index (χ0n) is 18.1. The van der Waals surface area contributed by atoms with Crippen molar-refractivity contribution >= 4 is 11.9 Å². The molecule has 156 valence electrons. The molecule has 2 fully saturated rings. The second-order valence-corrected chi connectivity index (χ2v) is 8.41. The average molecular weight is 380 g/mol. The monoisotopic (exact) mass is 379 g/mol. The van der Waals surface area contributed by atoms with Gasteiger partial charge in [-0.2, -0.15) is 0 Å². The number of hydrogen-bond acceptors (Lipinski definition) is 3. The van der Waals surface area contributed by atoms with Crippen LogP contribution in [0.25, 0.3) is 0 Å². The van der Waals surface area contributed by atoms with E-state index in [4.69, 9.17) is 0 Å². The number of carbonyl (C=O) groups excluding carboxylic acids is 1. The highest BCUT2D eigenvalue weighted by Crippen LogP contribution is 2.22. The van der Waals surface area contributed by atoms with Gasteiger partial charge in [0.2, 0.25) is 5.91 Å². The van der Waals surface area contributed by atoms with Crippen molar-refractivity contribution in [2.75, 3.05) is 39.8 Å². The fourth-order valence-corrected chi connectivity index (χ4v) is 4.53. The van der Waals surface area contributed by atoms with E-state index in [0.717, 1.165) is 37.9 Å². The molecule has 1 amide bonds. The fraction of sp³-hybridized carbons (Fsp3) is 0.905. The third-order valence-electron chi connectivity index (χ3n) is 6.24. The summed E-state index contributed by atoms with van der Waals surface area (Å²) in [5.74, 6) is 1.92. The maximum atomic E-state index is 12.2. The maximum absolute atomic E-state index is 12.2. The van der Waals surface area contributed by atoms with Crippen LogP contribution in [-0.2, 0) is 4.79 Å². The second kappa shape index (κ2) is 10.9. The number of rotatable bonds is 8. The van der Waals surface area contributed by atoms with Crippen LogP contribution in [0.3, 0.4) is 0 Å². The highest BCUT2D eigenvalue weighted by Gasteiger charge is 2.30. The molecule has 2 aliphatic rings. The molecule has 0 aliphatic carbocycles. The lowest BCUT2D eigenvalue weighted by Gasteiger charge is -2.34. The molecule has 2 heterocycles. The van der Waals surface area contributed by atoms with Gasteiger partial charge in [-0.3, -0.25) is 14.7 Å². The van der Waals surface area contributed by atoms with Crippen molar-refractivity contribution in [3.63, 3.8) is 0 Å². The van der Waals surface area contributed by atoms with Gasteiger partial charge in [-0.15, -0.1) is 0 Å². The van der Waals surface area contributed by atoms with Gasteiger partial charge in [-0.1, -0.05) is 40.5 Å². The van der Waals surface area contributed by atoms with Gasteiger partial charge >= 0.3 is 0 Å². The molecule has 2 saturated heterocycles. The quantitative estimate of drug-likeness (QED) is 0.502. The molecule has 2 unspecified atom stereocenters. The van der Waals surface area contributed by atoms with Gasteiger partial charge in [-0.05, 0) is 38.3 Å². The van der Waals surface area contributed by atoms with Crippen molar-refractivity contribution in [1.29, 1.82) is 0 Å². The van der Waals surface area contributed by atoms with E-state index >= 15 is 0 Å². The Morgan fingerprint density at radius 3 is 2.37 bits per heavy atom. The summed E-state index contributed by atoms with van der Waals surface area (Å²) in [6, 6.07) is 0.862. The summed E-state index contributed by atoms with van der Waals surface area (Å²) in [7, 11) is 1.84. The summed E-state index contributed by atoms with van der Waals surface area (Å²) < 4.78 is 0. The first-order valence-corrected chi connectivity index (χ1v) is 11.0. The normalized spacial score (nSPS) is 22.7. The van der Waals surface area contributed by atoms with Gasteiger partial charge < -0.3 is 15.5 Å². The van der Waals surface area contributed by atoms with E-state index in [9.17, 15) is 4.79 Å². The minimum absolute atomic E-state index is 0.0717. The van der Waals surface area contributed by atoms with Crippen LogP contribution in [0.15, 0.2) is 4.99 Å². The first-order valence-electron chi connectivity index (χ1n) is 11.0. The predicted molar refractivity (Wildman–Crippen MR) is 113 cm³/mol. The van der Waals surface area contributed by atoms with Crippen molar-refractivity contribution in [2.24, 2.45) is 16.8 Å². The number of guanidine groups is 1. The Bertz CT molecular complexity index is 481. The average Bonchev–Trinajstić information content (AvgIpc) is 3.35. The third-order valence-corrected chi connectivity index (χ3v) is 6.24. The van der Waals surface area contributed by atoms with Crippen LogP contribution >= 0.6 is 0 Å². The van der Waals surface area contributed by atoms with E-state index in [2.05, 4.69) is 34.4 Å². The number of hydrogen-bond donors (Lipinski definition) is 2. The number of likely N-dealkylation sites (tertiary alicyclic amines) is 2.